The Labute approximate surface area is 101 Å². The summed E-state index contributed by atoms with van der Waals surface area (Å²) in [6.07, 6.45) is 2.94. The van der Waals surface area contributed by atoms with Gasteiger partial charge < -0.3 is 9.52 Å². The minimum atomic E-state index is -0.451. The van der Waals surface area contributed by atoms with E-state index in [0.29, 0.717) is 6.54 Å². The maximum atomic E-state index is 10.1. The second-order valence-corrected chi connectivity index (χ2v) is 4.25. The summed E-state index contributed by atoms with van der Waals surface area (Å²) in [5, 5.41) is 10.1. The zero-order valence-corrected chi connectivity index (χ0v) is 9.91. The van der Waals surface area contributed by atoms with E-state index in [1.807, 2.05) is 43.4 Å². The van der Waals surface area contributed by atoms with E-state index in [9.17, 15) is 5.11 Å². The Balaban J connectivity index is 1.88. The van der Waals surface area contributed by atoms with Crippen LogP contribution in [0.3, 0.4) is 0 Å². The minimum absolute atomic E-state index is 0.451. The molecule has 0 aliphatic carbocycles. The number of rotatable bonds is 5. The van der Waals surface area contributed by atoms with Gasteiger partial charge in [-0.2, -0.15) is 0 Å². The topological polar surface area (TPSA) is 36.6 Å². The van der Waals surface area contributed by atoms with E-state index in [2.05, 4.69) is 4.90 Å². The van der Waals surface area contributed by atoms with Crippen molar-refractivity contribution in [1.82, 2.24) is 4.90 Å². The van der Waals surface area contributed by atoms with E-state index in [1.165, 1.54) is 0 Å². The molecule has 2 aromatic rings. The number of aliphatic hydroxyl groups excluding tert-OH is 1. The highest BCUT2D eigenvalue weighted by Crippen LogP contribution is 2.14. The molecule has 0 saturated carbocycles. The molecule has 1 atom stereocenters. The maximum Gasteiger partial charge on any atom is 0.0947 e. The summed E-state index contributed by atoms with van der Waals surface area (Å²) in [7, 11) is 1.99. The molecule has 1 aromatic heterocycles. The van der Waals surface area contributed by atoms with E-state index >= 15 is 0 Å². The summed E-state index contributed by atoms with van der Waals surface area (Å²) >= 11 is 0. The van der Waals surface area contributed by atoms with Crippen molar-refractivity contribution in [2.75, 3.05) is 13.6 Å². The second kappa shape index (κ2) is 5.66. The fourth-order valence-electron chi connectivity index (χ4n) is 1.83. The Morgan fingerprint density at radius 1 is 1.24 bits per heavy atom. The molecule has 17 heavy (non-hydrogen) atoms. The molecular weight excluding hydrogens is 214 g/mol. The predicted octanol–water partition coefficient (Wildman–Crippen LogP) is 2.45. The molecule has 1 N–H and O–H groups in total. The van der Waals surface area contributed by atoms with Gasteiger partial charge in [0.05, 0.1) is 18.6 Å². The Morgan fingerprint density at radius 2 is 2.00 bits per heavy atom. The molecule has 0 radical (unpaired) electrons. The monoisotopic (exact) mass is 231 g/mol. The summed E-state index contributed by atoms with van der Waals surface area (Å²) in [4.78, 5) is 2.07. The zero-order chi connectivity index (χ0) is 12.1. The summed E-state index contributed by atoms with van der Waals surface area (Å²) in [5.41, 5.74) is 2.07. The van der Waals surface area contributed by atoms with Gasteiger partial charge in [0.2, 0.25) is 0 Å². The molecule has 0 amide bonds. The number of likely N-dealkylation sites (N-methyl/N-ethyl adjacent to an activating group) is 1. The first-order chi connectivity index (χ1) is 8.25. The van der Waals surface area contributed by atoms with Gasteiger partial charge in [-0.05, 0) is 18.7 Å². The lowest BCUT2D eigenvalue weighted by atomic mass is 10.1. The lowest BCUT2D eigenvalue weighted by Gasteiger charge is -2.20. The quantitative estimate of drug-likeness (QED) is 0.858. The molecule has 1 heterocycles. The third kappa shape index (κ3) is 3.44. The molecule has 0 saturated heterocycles. The molecule has 2 rings (SSSR count). The normalized spacial score (nSPS) is 12.9. The summed E-state index contributed by atoms with van der Waals surface area (Å²) in [6.45, 7) is 1.38. The van der Waals surface area contributed by atoms with Gasteiger partial charge in [0, 0.05) is 18.7 Å². The van der Waals surface area contributed by atoms with Crippen molar-refractivity contribution in [2.24, 2.45) is 0 Å². The van der Waals surface area contributed by atoms with Crippen LogP contribution in [0.5, 0.6) is 0 Å². The van der Waals surface area contributed by atoms with Crippen LogP contribution in [0, 0.1) is 0 Å². The maximum absolute atomic E-state index is 10.1. The first-order valence-corrected chi connectivity index (χ1v) is 5.68. The van der Waals surface area contributed by atoms with Crippen molar-refractivity contribution in [3.8, 4) is 0 Å². The Hall–Kier alpha value is -1.58. The first-order valence-electron chi connectivity index (χ1n) is 5.68. The van der Waals surface area contributed by atoms with Crippen LogP contribution in [0.2, 0.25) is 0 Å². The minimum Gasteiger partial charge on any atom is -0.472 e. The highest BCUT2D eigenvalue weighted by atomic mass is 16.3. The van der Waals surface area contributed by atoms with Crippen molar-refractivity contribution in [3.05, 3.63) is 60.1 Å². The Bertz CT molecular complexity index is 425. The SMILES string of the molecule is CN(Cc1ccoc1)CC(O)c1ccccc1. The van der Waals surface area contributed by atoms with E-state index < -0.39 is 6.10 Å². The second-order valence-electron chi connectivity index (χ2n) is 4.25. The third-order valence-electron chi connectivity index (χ3n) is 2.70. The van der Waals surface area contributed by atoms with Crippen LogP contribution in [-0.2, 0) is 6.54 Å². The molecule has 0 aliphatic heterocycles. The number of nitrogens with zero attached hydrogens (tertiary/aromatic N) is 1. The molecule has 0 spiro atoms. The van der Waals surface area contributed by atoms with Crippen molar-refractivity contribution < 1.29 is 9.52 Å². The van der Waals surface area contributed by atoms with Crippen molar-refractivity contribution >= 4 is 0 Å². The van der Waals surface area contributed by atoms with E-state index in [-0.39, 0.29) is 0 Å². The Kier molecular flexibility index (Phi) is 3.96. The standard InChI is InChI=1S/C14H17NO2/c1-15(9-12-7-8-17-11-12)10-14(16)13-5-3-2-4-6-13/h2-8,11,14,16H,9-10H2,1H3. The molecule has 1 unspecified atom stereocenters. The van der Waals surface area contributed by atoms with Gasteiger partial charge in [-0.15, -0.1) is 0 Å². The smallest absolute Gasteiger partial charge is 0.0947 e. The van der Waals surface area contributed by atoms with E-state index in [1.54, 1.807) is 12.5 Å². The van der Waals surface area contributed by atoms with Gasteiger partial charge in [0.25, 0.3) is 0 Å². The van der Waals surface area contributed by atoms with Crippen molar-refractivity contribution in [3.63, 3.8) is 0 Å². The summed E-state index contributed by atoms with van der Waals surface area (Å²) in [5.74, 6) is 0. The molecule has 3 nitrogen and oxygen atoms in total. The molecule has 0 fully saturated rings. The molecule has 3 heteroatoms. The van der Waals surface area contributed by atoms with Crippen LogP contribution in [-0.4, -0.2) is 23.6 Å². The van der Waals surface area contributed by atoms with E-state index in [0.717, 1.165) is 17.7 Å². The highest BCUT2D eigenvalue weighted by Gasteiger charge is 2.10. The van der Waals surface area contributed by atoms with Crippen LogP contribution in [0.4, 0.5) is 0 Å². The van der Waals surface area contributed by atoms with Gasteiger partial charge in [0.15, 0.2) is 0 Å². The van der Waals surface area contributed by atoms with Crippen LogP contribution >= 0.6 is 0 Å². The molecule has 0 bridgehead atoms. The lowest BCUT2D eigenvalue weighted by molar-refractivity contribution is 0.123. The number of hydrogen-bond acceptors (Lipinski definition) is 3. The van der Waals surface area contributed by atoms with Crippen LogP contribution in [0.15, 0.2) is 53.3 Å². The van der Waals surface area contributed by atoms with Crippen LogP contribution < -0.4 is 0 Å². The third-order valence-corrected chi connectivity index (χ3v) is 2.70. The van der Waals surface area contributed by atoms with Crippen LogP contribution in [0.25, 0.3) is 0 Å². The van der Waals surface area contributed by atoms with Gasteiger partial charge in [-0.1, -0.05) is 30.3 Å². The van der Waals surface area contributed by atoms with Crippen molar-refractivity contribution in [2.45, 2.75) is 12.6 Å². The average molecular weight is 231 g/mol. The first kappa shape index (κ1) is 11.9. The summed E-state index contributed by atoms with van der Waals surface area (Å²) in [6, 6.07) is 11.6. The lowest BCUT2D eigenvalue weighted by Crippen LogP contribution is -2.24. The van der Waals surface area contributed by atoms with Gasteiger partial charge >= 0.3 is 0 Å². The highest BCUT2D eigenvalue weighted by molar-refractivity contribution is 5.17. The average Bonchev–Trinajstić information content (AvgIpc) is 2.82. The molecule has 1 aromatic carbocycles. The number of benzene rings is 1. The van der Waals surface area contributed by atoms with Crippen LogP contribution in [0.1, 0.15) is 17.2 Å². The van der Waals surface area contributed by atoms with Gasteiger partial charge in [-0.25, -0.2) is 0 Å². The number of aliphatic hydroxyl groups is 1. The van der Waals surface area contributed by atoms with Gasteiger partial charge in [-0.3, -0.25) is 4.90 Å². The number of hydrogen-bond donors (Lipinski definition) is 1. The molecule has 90 valence electrons. The number of furan rings is 1. The van der Waals surface area contributed by atoms with E-state index in [4.69, 9.17) is 4.42 Å². The fraction of sp³-hybridized carbons (Fsp3) is 0.286. The predicted molar refractivity (Wildman–Crippen MR) is 66.4 cm³/mol. The summed E-state index contributed by atoms with van der Waals surface area (Å²) < 4.78 is 5.02. The largest absolute Gasteiger partial charge is 0.472 e. The molecule has 0 aliphatic rings. The van der Waals surface area contributed by atoms with Crippen molar-refractivity contribution in [1.29, 1.82) is 0 Å². The molecular formula is C14H17NO2. The Morgan fingerprint density at radius 3 is 2.65 bits per heavy atom. The zero-order valence-electron chi connectivity index (χ0n) is 9.91. The fourth-order valence-corrected chi connectivity index (χ4v) is 1.83. The van der Waals surface area contributed by atoms with Gasteiger partial charge in [0.1, 0.15) is 0 Å².